The first kappa shape index (κ1) is 12.2. The van der Waals surface area contributed by atoms with Crippen LogP contribution in [0, 0.1) is 11.3 Å². The van der Waals surface area contributed by atoms with Crippen LogP contribution in [0.25, 0.3) is 0 Å². The molecule has 0 radical (unpaired) electrons. The lowest BCUT2D eigenvalue weighted by molar-refractivity contribution is 0.283. The van der Waals surface area contributed by atoms with Crippen molar-refractivity contribution >= 4 is 28.1 Å². The third-order valence-electron chi connectivity index (χ3n) is 1.80. The van der Waals surface area contributed by atoms with Gasteiger partial charge in [-0.1, -0.05) is 22.9 Å². The van der Waals surface area contributed by atoms with Crippen molar-refractivity contribution in [2.24, 2.45) is 0 Å². The molecule has 0 fully saturated rings. The van der Waals surface area contributed by atoms with Crippen molar-refractivity contribution < 1.29 is 5.11 Å². The van der Waals surface area contributed by atoms with Crippen LogP contribution in [0.1, 0.15) is 24.1 Å². The van der Waals surface area contributed by atoms with Crippen molar-refractivity contribution in [1.29, 1.82) is 5.26 Å². The highest BCUT2D eigenvalue weighted by Gasteiger charge is 2.07. The first-order chi connectivity index (χ1) is 7.27. The standard InChI is InChI=1S/C9H12ClN3OS/c10-8-7(6-11)15-9(13-8)12-4-2-1-3-5-14/h14H,1-5H2,(H,12,13). The van der Waals surface area contributed by atoms with Crippen LogP contribution in [0.2, 0.25) is 5.15 Å². The van der Waals surface area contributed by atoms with Crippen molar-refractivity contribution in [2.75, 3.05) is 18.5 Å². The average molecular weight is 246 g/mol. The smallest absolute Gasteiger partial charge is 0.185 e. The molecule has 0 aliphatic rings. The van der Waals surface area contributed by atoms with Gasteiger partial charge in [0, 0.05) is 13.2 Å². The Hall–Kier alpha value is -0.830. The fourth-order valence-corrected chi connectivity index (χ4v) is 2.03. The highest BCUT2D eigenvalue weighted by Crippen LogP contribution is 2.25. The summed E-state index contributed by atoms with van der Waals surface area (Å²) in [6.45, 7) is 1.02. The lowest BCUT2D eigenvalue weighted by Gasteiger charge is -2.00. The summed E-state index contributed by atoms with van der Waals surface area (Å²) in [6, 6.07) is 1.98. The minimum atomic E-state index is 0.238. The van der Waals surface area contributed by atoms with Crippen LogP contribution in [0.3, 0.4) is 0 Å². The summed E-state index contributed by atoms with van der Waals surface area (Å²) in [7, 11) is 0. The summed E-state index contributed by atoms with van der Waals surface area (Å²) in [5.41, 5.74) is 0. The number of thiazole rings is 1. The van der Waals surface area contributed by atoms with E-state index in [9.17, 15) is 0 Å². The lowest BCUT2D eigenvalue weighted by atomic mass is 10.2. The van der Waals surface area contributed by atoms with Gasteiger partial charge in [-0.25, -0.2) is 4.98 Å². The highest BCUT2D eigenvalue weighted by molar-refractivity contribution is 7.16. The fraction of sp³-hybridized carbons (Fsp3) is 0.556. The van der Waals surface area contributed by atoms with E-state index in [1.807, 2.05) is 6.07 Å². The van der Waals surface area contributed by atoms with Crippen molar-refractivity contribution in [2.45, 2.75) is 19.3 Å². The van der Waals surface area contributed by atoms with Gasteiger partial charge in [-0.05, 0) is 19.3 Å². The Kier molecular flexibility index (Phi) is 5.40. The molecule has 82 valence electrons. The van der Waals surface area contributed by atoms with Gasteiger partial charge in [0.25, 0.3) is 0 Å². The molecule has 1 heterocycles. The molecule has 1 aromatic rings. The minimum Gasteiger partial charge on any atom is -0.396 e. The number of anilines is 1. The molecular formula is C9H12ClN3OS. The topological polar surface area (TPSA) is 68.9 Å². The van der Waals surface area contributed by atoms with Gasteiger partial charge in [0.15, 0.2) is 10.3 Å². The van der Waals surface area contributed by atoms with Crippen molar-refractivity contribution in [3.05, 3.63) is 10.0 Å². The predicted molar refractivity (Wildman–Crippen MR) is 61.3 cm³/mol. The van der Waals surface area contributed by atoms with E-state index in [1.54, 1.807) is 0 Å². The second kappa shape index (κ2) is 6.62. The number of hydrogen-bond acceptors (Lipinski definition) is 5. The van der Waals surface area contributed by atoms with E-state index in [-0.39, 0.29) is 11.8 Å². The molecule has 0 aromatic carbocycles. The number of aromatic nitrogens is 1. The molecule has 1 rings (SSSR count). The van der Waals surface area contributed by atoms with E-state index in [1.165, 1.54) is 11.3 Å². The van der Waals surface area contributed by atoms with Crippen molar-refractivity contribution in [3.63, 3.8) is 0 Å². The van der Waals surface area contributed by atoms with E-state index in [0.29, 0.717) is 10.0 Å². The lowest BCUT2D eigenvalue weighted by Crippen LogP contribution is -2.01. The predicted octanol–water partition coefficient (Wildman–Crippen LogP) is 2.24. The Labute approximate surface area is 97.5 Å². The number of hydrogen-bond donors (Lipinski definition) is 2. The Morgan fingerprint density at radius 3 is 2.87 bits per heavy atom. The van der Waals surface area contributed by atoms with Crippen LogP contribution in [0.4, 0.5) is 5.13 Å². The Morgan fingerprint density at radius 2 is 2.27 bits per heavy atom. The Balaban J connectivity index is 2.29. The number of nitrogens with zero attached hydrogens (tertiary/aromatic N) is 2. The maximum Gasteiger partial charge on any atom is 0.185 e. The molecular weight excluding hydrogens is 234 g/mol. The van der Waals surface area contributed by atoms with Gasteiger partial charge >= 0.3 is 0 Å². The molecule has 0 bridgehead atoms. The quantitative estimate of drug-likeness (QED) is 0.755. The third kappa shape index (κ3) is 4.04. The number of rotatable bonds is 6. The summed E-state index contributed by atoms with van der Waals surface area (Å²) < 4.78 is 0. The molecule has 2 N–H and O–H groups in total. The maximum atomic E-state index is 8.65. The molecule has 0 amide bonds. The number of nitrogens with one attached hydrogen (secondary N) is 1. The van der Waals surface area contributed by atoms with E-state index in [4.69, 9.17) is 22.0 Å². The first-order valence-corrected chi connectivity index (χ1v) is 5.88. The second-order valence-corrected chi connectivity index (χ2v) is 4.32. The van der Waals surface area contributed by atoms with Crippen LogP contribution in [-0.4, -0.2) is 23.2 Å². The number of nitriles is 1. The summed E-state index contributed by atoms with van der Waals surface area (Å²) in [5.74, 6) is 0. The van der Waals surface area contributed by atoms with E-state index < -0.39 is 0 Å². The summed E-state index contributed by atoms with van der Waals surface area (Å²) >= 11 is 6.97. The Morgan fingerprint density at radius 1 is 1.47 bits per heavy atom. The van der Waals surface area contributed by atoms with Gasteiger partial charge in [0.05, 0.1) is 0 Å². The number of aliphatic hydroxyl groups is 1. The number of unbranched alkanes of at least 4 members (excludes halogenated alkanes) is 2. The molecule has 6 heteroatoms. The van der Waals surface area contributed by atoms with E-state index >= 15 is 0 Å². The van der Waals surface area contributed by atoms with Gasteiger partial charge in [-0.2, -0.15) is 5.26 Å². The molecule has 0 aliphatic carbocycles. The van der Waals surface area contributed by atoms with E-state index in [2.05, 4.69) is 10.3 Å². The van der Waals surface area contributed by atoms with Crippen LogP contribution in [-0.2, 0) is 0 Å². The molecule has 0 atom stereocenters. The molecule has 0 saturated heterocycles. The van der Waals surface area contributed by atoms with Crippen LogP contribution in [0.5, 0.6) is 0 Å². The van der Waals surface area contributed by atoms with E-state index in [0.717, 1.165) is 25.8 Å². The molecule has 4 nitrogen and oxygen atoms in total. The van der Waals surface area contributed by atoms with Crippen molar-refractivity contribution in [3.8, 4) is 6.07 Å². The zero-order valence-electron chi connectivity index (χ0n) is 8.16. The number of halogens is 1. The van der Waals surface area contributed by atoms with Crippen molar-refractivity contribution in [1.82, 2.24) is 4.98 Å². The molecule has 0 saturated carbocycles. The summed E-state index contributed by atoms with van der Waals surface area (Å²) in [4.78, 5) is 4.44. The normalized spacial score (nSPS) is 9.93. The van der Waals surface area contributed by atoms with Gasteiger partial charge in [-0.3, -0.25) is 0 Å². The van der Waals surface area contributed by atoms with Gasteiger partial charge < -0.3 is 10.4 Å². The minimum absolute atomic E-state index is 0.238. The highest BCUT2D eigenvalue weighted by atomic mass is 35.5. The maximum absolute atomic E-state index is 8.65. The zero-order valence-corrected chi connectivity index (χ0v) is 9.74. The van der Waals surface area contributed by atoms with Gasteiger partial charge in [0.2, 0.25) is 0 Å². The van der Waals surface area contributed by atoms with Crippen LogP contribution < -0.4 is 5.32 Å². The fourth-order valence-electron chi connectivity index (χ4n) is 1.05. The monoisotopic (exact) mass is 245 g/mol. The molecule has 15 heavy (non-hydrogen) atoms. The average Bonchev–Trinajstić information content (AvgIpc) is 2.59. The largest absolute Gasteiger partial charge is 0.396 e. The van der Waals surface area contributed by atoms with Gasteiger partial charge in [0.1, 0.15) is 10.9 Å². The molecule has 1 aromatic heterocycles. The Bertz CT molecular complexity index is 348. The summed E-state index contributed by atoms with van der Waals surface area (Å²) in [6.07, 6.45) is 2.77. The third-order valence-corrected chi connectivity index (χ3v) is 3.10. The van der Waals surface area contributed by atoms with Gasteiger partial charge in [-0.15, -0.1) is 0 Å². The SMILES string of the molecule is N#Cc1sc(NCCCCCO)nc1Cl. The first-order valence-electron chi connectivity index (χ1n) is 4.69. The van der Waals surface area contributed by atoms with Crippen LogP contribution in [0.15, 0.2) is 0 Å². The molecule has 0 aliphatic heterocycles. The second-order valence-electron chi connectivity index (χ2n) is 2.96. The zero-order chi connectivity index (χ0) is 11.1. The van der Waals surface area contributed by atoms with Crippen LogP contribution >= 0.6 is 22.9 Å². The summed E-state index contributed by atoms with van der Waals surface area (Å²) in [5, 5.41) is 21.3. The number of aliphatic hydroxyl groups excluding tert-OH is 1. The molecule has 0 spiro atoms. The molecule has 0 unspecified atom stereocenters.